The van der Waals surface area contributed by atoms with Gasteiger partial charge in [-0.15, -0.1) is 0 Å². The lowest BCUT2D eigenvalue weighted by molar-refractivity contribution is -0.140. The summed E-state index contributed by atoms with van der Waals surface area (Å²) in [5, 5.41) is 11.3. The van der Waals surface area contributed by atoms with Gasteiger partial charge >= 0.3 is 0 Å². The number of nitrogens with zero attached hydrogens (tertiary/aromatic N) is 3. The number of hydrogen-bond acceptors (Lipinski definition) is 6. The number of Topliss-reactive ketones (excluding diaryl/α,β-unsaturated/α-hetero) is 1. The summed E-state index contributed by atoms with van der Waals surface area (Å²) in [5.41, 5.74) is 4.05. The third-order valence-corrected chi connectivity index (χ3v) is 6.23. The predicted octanol–water partition coefficient (Wildman–Crippen LogP) is 4.99. The van der Waals surface area contributed by atoms with Crippen molar-refractivity contribution in [2.24, 2.45) is 0 Å². The molecule has 0 aliphatic carbocycles. The number of likely N-dealkylation sites (tertiary alicyclic amines) is 1. The molecular weight excluding hydrogens is 466 g/mol. The predicted molar refractivity (Wildman–Crippen MR) is 138 cm³/mol. The van der Waals surface area contributed by atoms with Gasteiger partial charge in [-0.05, 0) is 60.0 Å². The molecule has 1 saturated heterocycles. The van der Waals surface area contributed by atoms with Gasteiger partial charge in [-0.3, -0.25) is 19.6 Å². The number of amides is 1. The first-order chi connectivity index (χ1) is 18.0. The molecular formula is C30H25N3O4. The minimum atomic E-state index is -0.786. The van der Waals surface area contributed by atoms with Crippen molar-refractivity contribution in [1.29, 1.82) is 0 Å². The summed E-state index contributed by atoms with van der Waals surface area (Å²) in [6.07, 6.45) is 6.51. The number of aliphatic hydroxyl groups is 1. The summed E-state index contributed by atoms with van der Waals surface area (Å²) < 4.78 is 5.88. The molecule has 0 unspecified atom stereocenters. The molecule has 5 rings (SSSR count). The van der Waals surface area contributed by atoms with Crippen LogP contribution in [0.4, 0.5) is 0 Å². The van der Waals surface area contributed by atoms with Gasteiger partial charge in [-0.25, -0.2) is 0 Å². The minimum Gasteiger partial charge on any atom is -0.507 e. The molecule has 0 saturated carbocycles. The molecule has 1 atom stereocenters. The maximum absolute atomic E-state index is 13.2. The zero-order chi connectivity index (χ0) is 25.8. The monoisotopic (exact) mass is 491 g/mol. The largest absolute Gasteiger partial charge is 0.507 e. The average Bonchev–Trinajstić information content (AvgIpc) is 3.18. The molecule has 37 heavy (non-hydrogen) atoms. The topological polar surface area (TPSA) is 92.6 Å². The van der Waals surface area contributed by atoms with E-state index in [9.17, 15) is 14.7 Å². The lowest BCUT2D eigenvalue weighted by atomic mass is 9.96. The van der Waals surface area contributed by atoms with E-state index in [0.29, 0.717) is 23.5 Å². The van der Waals surface area contributed by atoms with Crippen LogP contribution < -0.4 is 4.74 Å². The second-order valence-corrected chi connectivity index (χ2v) is 8.88. The molecule has 1 amide bonds. The highest BCUT2D eigenvalue weighted by molar-refractivity contribution is 6.46. The molecule has 1 aliphatic heterocycles. The molecule has 0 spiro atoms. The summed E-state index contributed by atoms with van der Waals surface area (Å²) in [7, 11) is 0. The number of carbonyl (C=O) groups is 2. The Balaban J connectivity index is 1.45. The number of ether oxygens (including phenoxy) is 1. The van der Waals surface area contributed by atoms with E-state index < -0.39 is 17.7 Å². The first-order valence-electron chi connectivity index (χ1n) is 11.9. The van der Waals surface area contributed by atoms with Crippen LogP contribution in [0.3, 0.4) is 0 Å². The maximum atomic E-state index is 13.2. The highest BCUT2D eigenvalue weighted by Gasteiger charge is 2.46. The normalized spacial score (nSPS) is 16.7. The van der Waals surface area contributed by atoms with Crippen molar-refractivity contribution in [2.45, 2.75) is 26.1 Å². The second-order valence-electron chi connectivity index (χ2n) is 8.88. The molecule has 4 aromatic rings. The van der Waals surface area contributed by atoms with Crippen LogP contribution in [-0.2, 0) is 22.7 Å². The molecule has 3 heterocycles. The van der Waals surface area contributed by atoms with E-state index in [-0.39, 0.29) is 17.9 Å². The van der Waals surface area contributed by atoms with Crippen LogP contribution in [0, 0.1) is 6.92 Å². The van der Waals surface area contributed by atoms with Gasteiger partial charge in [0.25, 0.3) is 11.7 Å². The van der Waals surface area contributed by atoms with Gasteiger partial charge in [0.15, 0.2) is 0 Å². The highest BCUT2D eigenvalue weighted by Crippen LogP contribution is 2.40. The van der Waals surface area contributed by atoms with Gasteiger partial charge in [0.05, 0.1) is 11.6 Å². The molecule has 1 N–H and O–H groups in total. The fraction of sp³-hybridized carbons (Fsp3) is 0.133. The summed E-state index contributed by atoms with van der Waals surface area (Å²) in [4.78, 5) is 36.0. The minimum absolute atomic E-state index is 0.0234. The Morgan fingerprint density at radius 1 is 0.919 bits per heavy atom. The van der Waals surface area contributed by atoms with Crippen LogP contribution >= 0.6 is 0 Å². The van der Waals surface area contributed by atoms with Crippen LogP contribution in [0.1, 0.15) is 33.9 Å². The van der Waals surface area contributed by atoms with Crippen LogP contribution in [-0.4, -0.2) is 31.7 Å². The Labute approximate surface area is 214 Å². The Kier molecular flexibility index (Phi) is 6.76. The smallest absolute Gasteiger partial charge is 0.295 e. The fourth-order valence-corrected chi connectivity index (χ4v) is 4.45. The van der Waals surface area contributed by atoms with Crippen molar-refractivity contribution < 1.29 is 19.4 Å². The average molecular weight is 492 g/mol. The summed E-state index contributed by atoms with van der Waals surface area (Å²) in [6.45, 7) is 2.61. The molecule has 1 aliphatic rings. The molecule has 1 fully saturated rings. The van der Waals surface area contributed by atoms with Crippen LogP contribution in [0.15, 0.2) is 103 Å². The summed E-state index contributed by atoms with van der Waals surface area (Å²) in [6, 6.07) is 21.2. The van der Waals surface area contributed by atoms with Crippen molar-refractivity contribution in [2.75, 3.05) is 0 Å². The van der Waals surface area contributed by atoms with E-state index in [0.717, 1.165) is 16.7 Å². The summed E-state index contributed by atoms with van der Waals surface area (Å²) in [5.74, 6) is -1.04. The number of ketones is 1. The lowest BCUT2D eigenvalue weighted by Crippen LogP contribution is -2.29. The van der Waals surface area contributed by atoms with Crippen molar-refractivity contribution in [1.82, 2.24) is 14.9 Å². The fourth-order valence-electron chi connectivity index (χ4n) is 4.45. The first-order valence-corrected chi connectivity index (χ1v) is 11.9. The van der Waals surface area contributed by atoms with E-state index in [1.54, 1.807) is 67.3 Å². The van der Waals surface area contributed by atoms with Crippen molar-refractivity contribution in [3.8, 4) is 5.75 Å². The Morgan fingerprint density at radius 3 is 2.32 bits per heavy atom. The van der Waals surface area contributed by atoms with Gasteiger partial charge in [0.2, 0.25) is 0 Å². The Hall–Kier alpha value is -4.78. The van der Waals surface area contributed by atoms with Crippen LogP contribution in [0.2, 0.25) is 0 Å². The Bertz CT molecular complexity index is 1450. The highest BCUT2D eigenvalue weighted by atomic mass is 16.5. The molecule has 184 valence electrons. The number of carbonyl (C=O) groups excluding carboxylic acids is 2. The SMILES string of the molecule is Cc1cccc(COc2ccc(/C(O)=C3\C(=O)C(=O)N(Cc4cccnc4)[C@@H]3c3cccnc3)cc2)c1. The first kappa shape index (κ1) is 23.9. The van der Waals surface area contributed by atoms with Crippen molar-refractivity contribution in [3.63, 3.8) is 0 Å². The molecule has 7 heteroatoms. The zero-order valence-corrected chi connectivity index (χ0v) is 20.2. The molecule has 2 aromatic heterocycles. The van der Waals surface area contributed by atoms with Gasteiger partial charge in [-0.1, -0.05) is 42.0 Å². The molecule has 2 aromatic carbocycles. The van der Waals surface area contributed by atoms with Gasteiger partial charge < -0.3 is 14.7 Å². The number of aromatic nitrogens is 2. The third kappa shape index (κ3) is 5.11. The number of pyridine rings is 2. The van der Waals surface area contributed by atoms with Crippen LogP contribution in [0.5, 0.6) is 5.75 Å². The molecule has 0 radical (unpaired) electrons. The lowest BCUT2D eigenvalue weighted by Gasteiger charge is -2.25. The van der Waals surface area contributed by atoms with Crippen molar-refractivity contribution in [3.05, 3.63) is 131 Å². The van der Waals surface area contributed by atoms with Gasteiger partial charge in [-0.2, -0.15) is 0 Å². The maximum Gasteiger partial charge on any atom is 0.295 e. The van der Waals surface area contributed by atoms with E-state index in [1.165, 1.54) is 4.90 Å². The van der Waals surface area contributed by atoms with E-state index in [1.807, 2.05) is 31.2 Å². The number of benzene rings is 2. The number of aryl methyl sites for hydroxylation is 1. The second kappa shape index (κ2) is 10.5. The van der Waals surface area contributed by atoms with E-state index >= 15 is 0 Å². The van der Waals surface area contributed by atoms with Gasteiger partial charge in [0, 0.05) is 36.9 Å². The molecule has 7 nitrogen and oxygen atoms in total. The number of aliphatic hydroxyl groups excluding tert-OH is 1. The van der Waals surface area contributed by atoms with Crippen LogP contribution in [0.25, 0.3) is 5.76 Å². The van der Waals surface area contributed by atoms with Crippen molar-refractivity contribution >= 4 is 17.4 Å². The standard InChI is InChI=1S/C30H25N3O4/c1-20-5-2-6-21(15-20)19-37-25-11-9-23(10-12-25)28(34)26-27(24-8-4-14-32-17-24)33(30(36)29(26)35)18-22-7-3-13-31-16-22/h2-17,27,34H,18-19H2,1H3/b28-26+/t27-/m1/s1. The Morgan fingerprint density at radius 2 is 1.65 bits per heavy atom. The third-order valence-electron chi connectivity index (χ3n) is 6.23. The number of hydrogen-bond donors (Lipinski definition) is 1. The van der Waals surface area contributed by atoms with E-state index in [2.05, 4.69) is 16.0 Å². The van der Waals surface area contributed by atoms with E-state index in [4.69, 9.17) is 4.74 Å². The number of rotatable bonds is 7. The zero-order valence-electron chi connectivity index (χ0n) is 20.2. The molecule has 0 bridgehead atoms. The quantitative estimate of drug-likeness (QED) is 0.223. The summed E-state index contributed by atoms with van der Waals surface area (Å²) >= 11 is 0. The van der Waals surface area contributed by atoms with Gasteiger partial charge in [0.1, 0.15) is 18.1 Å².